The molecule has 0 aromatic carbocycles. The van der Waals surface area contributed by atoms with Gasteiger partial charge in [0.05, 0.1) is 13.2 Å². The number of hydrogen-bond donors (Lipinski definition) is 3. The maximum atomic E-state index is 5.33. The predicted octanol–water partition coefficient (Wildman–Crippen LogP) is 0.227. The van der Waals surface area contributed by atoms with E-state index < -0.39 is 0 Å². The second-order valence-corrected chi connectivity index (χ2v) is 3.32. The highest BCUT2D eigenvalue weighted by Gasteiger charge is 1.96. The van der Waals surface area contributed by atoms with E-state index in [1.807, 2.05) is 0 Å². The van der Waals surface area contributed by atoms with Crippen molar-refractivity contribution in [3.05, 3.63) is 12.4 Å². The third kappa shape index (κ3) is 6.00. The highest BCUT2D eigenvalue weighted by atomic mass is 16.5. The molecular weight excluding hydrogens is 222 g/mol. The first-order chi connectivity index (χ1) is 8.36. The molecule has 1 aromatic heterocycles. The molecule has 0 aliphatic carbocycles. The Morgan fingerprint density at radius 1 is 1.24 bits per heavy atom. The van der Waals surface area contributed by atoms with E-state index in [1.54, 1.807) is 13.2 Å². The maximum Gasteiger partial charge on any atom is 0.145 e. The minimum atomic E-state index is 0.582. The fourth-order valence-corrected chi connectivity index (χ4v) is 1.17. The molecule has 0 atom stereocenters. The summed E-state index contributed by atoms with van der Waals surface area (Å²) in [5.41, 5.74) is 2.46. The van der Waals surface area contributed by atoms with Gasteiger partial charge in [0.15, 0.2) is 0 Å². The van der Waals surface area contributed by atoms with Crippen molar-refractivity contribution in [3.63, 3.8) is 0 Å². The number of aromatic nitrogens is 2. The standard InChI is InChI=1S/C10H19N5O2/c1-16-5-6-17-4-2-3-12-9-7-10(15-11)14-8-13-9/h7-8H,2-6,11H2,1H3,(H2,12,13,14,15). The zero-order chi connectivity index (χ0) is 12.3. The van der Waals surface area contributed by atoms with Crippen LogP contribution in [0.25, 0.3) is 0 Å². The predicted molar refractivity (Wildman–Crippen MR) is 65.6 cm³/mol. The molecule has 0 aliphatic rings. The lowest BCUT2D eigenvalue weighted by Crippen LogP contribution is -2.11. The third-order valence-corrected chi connectivity index (χ3v) is 2.02. The van der Waals surface area contributed by atoms with Crippen molar-refractivity contribution < 1.29 is 9.47 Å². The van der Waals surface area contributed by atoms with Crippen molar-refractivity contribution in [2.45, 2.75) is 6.42 Å². The van der Waals surface area contributed by atoms with Gasteiger partial charge in [-0.1, -0.05) is 0 Å². The number of hydrazine groups is 1. The van der Waals surface area contributed by atoms with Gasteiger partial charge in [0, 0.05) is 26.3 Å². The van der Waals surface area contributed by atoms with Crippen molar-refractivity contribution in [1.82, 2.24) is 9.97 Å². The number of nitrogens with two attached hydrogens (primary N) is 1. The highest BCUT2D eigenvalue weighted by Crippen LogP contribution is 2.06. The normalized spacial score (nSPS) is 10.2. The smallest absolute Gasteiger partial charge is 0.145 e. The second-order valence-electron chi connectivity index (χ2n) is 3.32. The first-order valence-corrected chi connectivity index (χ1v) is 5.46. The van der Waals surface area contributed by atoms with Crippen LogP contribution in [0.5, 0.6) is 0 Å². The first kappa shape index (κ1) is 13.6. The van der Waals surface area contributed by atoms with Crippen LogP contribution >= 0.6 is 0 Å². The molecule has 1 heterocycles. The van der Waals surface area contributed by atoms with Crippen LogP contribution in [-0.4, -0.2) is 43.4 Å². The number of hydrogen-bond acceptors (Lipinski definition) is 7. The third-order valence-electron chi connectivity index (χ3n) is 2.02. The summed E-state index contributed by atoms with van der Waals surface area (Å²) < 4.78 is 10.2. The number of nitrogens with zero attached hydrogens (tertiary/aromatic N) is 2. The lowest BCUT2D eigenvalue weighted by Gasteiger charge is -2.07. The van der Waals surface area contributed by atoms with E-state index in [4.69, 9.17) is 15.3 Å². The van der Waals surface area contributed by atoms with E-state index in [1.165, 1.54) is 6.33 Å². The van der Waals surface area contributed by atoms with Gasteiger partial charge in [-0.25, -0.2) is 15.8 Å². The maximum absolute atomic E-state index is 5.33. The van der Waals surface area contributed by atoms with Crippen molar-refractivity contribution in [3.8, 4) is 0 Å². The molecule has 0 saturated heterocycles. The van der Waals surface area contributed by atoms with E-state index in [2.05, 4.69) is 20.7 Å². The summed E-state index contributed by atoms with van der Waals surface area (Å²) in [4.78, 5) is 7.97. The van der Waals surface area contributed by atoms with Gasteiger partial charge in [-0.2, -0.15) is 0 Å². The van der Waals surface area contributed by atoms with Crippen LogP contribution in [0.3, 0.4) is 0 Å². The molecule has 0 aliphatic heterocycles. The van der Waals surface area contributed by atoms with E-state index in [0.29, 0.717) is 25.6 Å². The monoisotopic (exact) mass is 241 g/mol. The van der Waals surface area contributed by atoms with Gasteiger partial charge in [-0.3, -0.25) is 0 Å². The zero-order valence-corrected chi connectivity index (χ0v) is 9.98. The van der Waals surface area contributed by atoms with Gasteiger partial charge < -0.3 is 20.2 Å². The summed E-state index contributed by atoms with van der Waals surface area (Å²) in [6.07, 6.45) is 2.35. The Bertz CT molecular complexity index is 311. The highest BCUT2D eigenvalue weighted by molar-refractivity contribution is 5.45. The van der Waals surface area contributed by atoms with E-state index >= 15 is 0 Å². The molecule has 4 N–H and O–H groups in total. The molecule has 0 fully saturated rings. The Morgan fingerprint density at radius 2 is 2.06 bits per heavy atom. The fraction of sp³-hybridized carbons (Fsp3) is 0.600. The fourth-order valence-electron chi connectivity index (χ4n) is 1.17. The van der Waals surface area contributed by atoms with Gasteiger partial charge >= 0.3 is 0 Å². The lowest BCUT2D eigenvalue weighted by molar-refractivity contribution is 0.0705. The Morgan fingerprint density at radius 3 is 2.82 bits per heavy atom. The van der Waals surface area contributed by atoms with Gasteiger partial charge in [-0.15, -0.1) is 0 Å². The molecule has 7 nitrogen and oxygen atoms in total. The molecule has 0 spiro atoms. The largest absolute Gasteiger partial charge is 0.382 e. The molecule has 0 bridgehead atoms. The second kappa shape index (κ2) is 8.68. The summed E-state index contributed by atoms with van der Waals surface area (Å²) in [6, 6.07) is 1.74. The average Bonchev–Trinajstić information content (AvgIpc) is 2.38. The zero-order valence-electron chi connectivity index (χ0n) is 9.98. The number of nitrogen functional groups attached to an aromatic ring is 1. The molecule has 7 heteroatoms. The van der Waals surface area contributed by atoms with E-state index in [9.17, 15) is 0 Å². The lowest BCUT2D eigenvalue weighted by atomic mass is 10.4. The van der Waals surface area contributed by atoms with Crippen molar-refractivity contribution in [2.75, 3.05) is 44.2 Å². The minimum absolute atomic E-state index is 0.582. The minimum Gasteiger partial charge on any atom is -0.382 e. The molecule has 0 unspecified atom stereocenters. The van der Waals surface area contributed by atoms with Crippen LogP contribution in [-0.2, 0) is 9.47 Å². The number of rotatable bonds is 9. The number of methoxy groups -OCH3 is 1. The van der Waals surface area contributed by atoms with Gasteiger partial charge in [-0.05, 0) is 6.42 Å². The Balaban J connectivity index is 2.09. The number of anilines is 2. The Hall–Kier alpha value is -1.44. The molecule has 1 aromatic rings. The molecule has 0 saturated carbocycles. The molecule has 0 radical (unpaired) electrons. The molecule has 1 rings (SSSR count). The molecule has 17 heavy (non-hydrogen) atoms. The summed E-state index contributed by atoms with van der Waals surface area (Å²) in [5.74, 6) is 6.56. The summed E-state index contributed by atoms with van der Waals surface area (Å²) in [7, 11) is 1.66. The molecule has 96 valence electrons. The topological polar surface area (TPSA) is 94.3 Å². The van der Waals surface area contributed by atoms with Gasteiger partial charge in [0.1, 0.15) is 18.0 Å². The average molecular weight is 241 g/mol. The summed E-state index contributed by atoms with van der Waals surface area (Å²) in [6.45, 7) is 2.74. The van der Waals surface area contributed by atoms with Crippen LogP contribution in [0.2, 0.25) is 0 Å². The number of nitrogens with one attached hydrogen (secondary N) is 2. The van der Waals surface area contributed by atoms with Crippen molar-refractivity contribution >= 4 is 11.6 Å². The summed E-state index contributed by atoms with van der Waals surface area (Å²) in [5, 5.41) is 3.15. The van der Waals surface area contributed by atoms with E-state index in [-0.39, 0.29) is 0 Å². The van der Waals surface area contributed by atoms with E-state index in [0.717, 1.165) is 18.8 Å². The van der Waals surface area contributed by atoms with Crippen LogP contribution < -0.4 is 16.6 Å². The Labute approximate surface area is 101 Å². The van der Waals surface area contributed by atoms with Crippen LogP contribution in [0.4, 0.5) is 11.6 Å². The SMILES string of the molecule is COCCOCCCNc1cc(NN)ncn1. The first-order valence-electron chi connectivity index (χ1n) is 5.46. The van der Waals surface area contributed by atoms with Crippen LogP contribution in [0.1, 0.15) is 6.42 Å². The van der Waals surface area contributed by atoms with Crippen molar-refractivity contribution in [2.24, 2.45) is 5.84 Å². The summed E-state index contributed by atoms with van der Waals surface area (Å²) >= 11 is 0. The molecule has 0 amide bonds. The quantitative estimate of drug-likeness (QED) is 0.323. The Kier molecular flexibility index (Phi) is 6.96. The van der Waals surface area contributed by atoms with Gasteiger partial charge in [0.2, 0.25) is 0 Å². The van der Waals surface area contributed by atoms with Gasteiger partial charge in [0.25, 0.3) is 0 Å². The van der Waals surface area contributed by atoms with Crippen LogP contribution in [0.15, 0.2) is 12.4 Å². The molecular formula is C10H19N5O2. The van der Waals surface area contributed by atoms with Crippen LogP contribution in [0, 0.1) is 0 Å². The number of ether oxygens (including phenoxy) is 2. The van der Waals surface area contributed by atoms with Crippen molar-refractivity contribution in [1.29, 1.82) is 0 Å².